The molecule has 0 amide bonds. The molecule has 2 nitrogen and oxygen atoms in total. The largest absolute Gasteiger partial charge is 0.497 e. The second-order valence-corrected chi connectivity index (χ2v) is 3.34. The van der Waals surface area contributed by atoms with Crippen molar-refractivity contribution in [3.05, 3.63) is 48.5 Å². The Hall–Kier alpha value is -1.96. The van der Waals surface area contributed by atoms with Crippen LogP contribution in [0.2, 0.25) is 0 Å². The third-order valence-electron chi connectivity index (χ3n) is 2.42. The number of methoxy groups -OCH3 is 2. The number of hydrogen-bond donors (Lipinski definition) is 0. The molecule has 2 aromatic carbocycles. The fourth-order valence-corrected chi connectivity index (χ4v) is 1.57. The van der Waals surface area contributed by atoms with Crippen LogP contribution in [0.1, 0.15) is 0 Å². The fourth-order valence-electron chi connectivity index (χ4n) is 1.57. The van der Waals surface area contributed by atoms with Gasteiger partial charge in [-0.05, 0) is 29.8 Å². The summed E-state index contributed by atoms with van der Waals surface area (Å²) in [5.74, 6) is 1.67. The Balaban J connectivity index is 2.42. The van der Waals surface area contributed by atoms with Crippen LogP contribution >= 0.6 is 0 Å². The Morgan fingerprint density at radius 3 is 2.31 bits per heavy atom. The van der Waals surface area contributed by atoms with Gasteiger partial charge < -0.3 is 9.47 Å². The highest BCUT2D eigenvalue weighted by Gasteiger charge is 2.04. The van der Waals surface area contributed by atoms with Gasteiger partial charge in [-0.1, -0.05) is 24.3 Å². The van der Waals surface area contributed by atoms with Gasteiger partial charge in [0.2, 0.25) is 0 Å². The third kappa shape index (κ3) is 2.01. The maximum atomic E-state index is 5.29. The number of hydrogen-bond acceptors (Lipinski definition) is 2. The zero-order valence-corrected chi connectivity index (χ0v) is 9.36. The fraction of sp³-hybridized carbons (Fsp3) is 0.143. The highest BCUT2D eigenvalue weighted by Crippen LogP contribution is 2.29. The van der Waals surface area contributed by atoms with Gasteiger partial charge in [-0.2, -0.15) is 0 Å². The van der Waals surface area contributed by atoms with Crippen LogP contribution in [-0.4, -0.2) is 14.2 Å². The van der Waals surface area contributed by atoms with Crippen molar-refractivity contribution in [2.45, 2.75) is 0 Å². The molecule has 0 aliphatic rings. The summed E-state index contributed by atoms with van der Waals surface area (Å²) in [6, 6.07) is 16.7. The van der Waals surface area contributed by atoms with Crippen LogP contribution in [0.15, 0.2) is 42.5 Å². The van der Waals surface area contributed by atoms with E-state index in [0.29, 0.717) is 0 Å². The number of ether oxygens (including phenoxy) is 2. The predicted molar refractivity (Wildman–Crippen MR) is 63.8 cm³/mol. The molecule has 0 saturated heterocycles. The van der Waals surface area contributed by atoms with Crippen molar-refractivity contribution in [1.29, 1.82) is 0 Å². The Morgan fingerprint density at radius 2 is 1.69 bits per heavy atom. The van der Waals surface area contributed by atoms with Crippen LogP contribution < -0.4 is 9.47 Å². The van der Waals surface area contributed by atoms with E-state index in [1.807, 2.05) is 42.5 Å². The Labute approximate surface area is 95.4 Å². The van der Waals surface area contributed by atoms with E-state index in [1.165, 1.54) is 0 Å². The molecule has 0 unspecified atom stereocenters. The minimum Gasteiger partial charge on any atom is -0.497 e. The van der Waals surface area contributed by atoms with Crippen molar-refractivity contribution in [3.63, 3.8) is 0 Å². The molecule has 0 spiro atoms. The summed E-state index contributed by atoms with van der Waals surface area (Å²) < 4.78 is 10.4. The lowest BCUT2D eigenvalue weighted by Gasteiger charge is -2.08. The van der Waals surface area contributed by atoms with E-state index in [1.54, 1.807) is 14.2 Å². The lowest BCUT2D eigenvalue weighted by atomic mass is 10.0. The van der Waals surface area contributed by atoms with E-state index >= 15 is 0 Å². The van der Waals surface area contributed by atoms with Gasteiger partial charge in [-0.15, -0.1) is 0 Å². The number of benzene rings is 2. The zero-order chi connectivity index (χ0) is 11.4. The van der Waals surface area contributed by atoms with Gasteiger partial charge in [0.05, 0.1) is 14.2 Å². The first-order valence-corrected chi connectivity index (χ1v) is 5.04. The molecule has 16 heavy (non-hydrogen) atoms. The van der Waals surface area contributed by atoms with Crippen molar-refractivity contribution in [2.24, 2.45) is 0 Å². The summed E-state index contributed by atoms with van der Waals surface area (Å²) in [6.45, 7) is 0. The zero-order valence-electron chi connectivity index (χ0n) is 9.36. The van der Waals surface area contributed by atoms with Crippen LogP contribution in [0.4, 0.5) is 0 Å². The van der Waals surface area contributed by atoms with Gasteiger partial charge in [0.15, 0.2) is 0 Å². The molecule has 2 rings (SSSR count). The first-order valence-electron chi connectivity index (χ1n) is 5.04. The summed E-state index contributed by atoms with van der Waals surface area (Å²) in [6.07, 6.45) is 0. The molecular weight excluding hydrogens is 200 g/mol. The molecule has 0 aliphatic carbocycles. The summed E-state index contributed by atoms with van der Waals surface area (Å²) in [5, 5.41) is 0. The first-order chi connectivity index (χ1) is 7.85. The van der Waals surface area contributed by atoms with Gasteiger partial charge in [-0.25, -0.2) is 0 Å². The normalized spacial score (nSPS) is 9.88. The molecule has 81 valence electrons. The minimum absolute atomic E-state index is 0.827. The van der Waals surface area contributed by atoms with E-state index in [-0.39, 0.29) is 0 Å². The lowest BCUT2D eigenvalue weighted by Crippen LogP contribution is -1.88. The summed E-state index contributed by atoms with van der Waals surface area (Å²) >= 11 is 0. The molecule has 1 radical (unpaired) electrons. The summed E-state index contributed by atoms with van der Waals surface area (Å²) in [5.41, 5.74) is 2.03. The molecule has 2 heteroatoms. The maximum Gasteiger partial charge on any atom is 0.127 e. The highest BCUT2D eigenvalue weighted by atomic mass is 16.5. The lowest BCUT2D eigenvalue weighted by molar-refractivity contribution is 0.414. The first kappa shape index (κ1) is 10.6. The van der Waals surface area contributed by atoms with Crippen molar-refractivity contribution < 1.29 is 9.47 Å². The van der Waals surface area contributed by atoms with Crippen molar-refractivity contribution in [3.8, 4) is 22.6 Å². The molecular formula is C14H13O2. The van der Waals surface area contributed by atoms with E-state index < -0.39 is 0 Å². The molecule has 0 fully saturated rings. The summed E-state index contributed by atoms with van der Waals surface area (Å²) in [4.78, 5) is 0. The average Bonchev–Trinajstić information content (AvgIpc) is 2.39. The number of rotatable bonds is 3. The van der Waals surface area contributed by atoms with Crippen molar-refractivity contribution >= 4 is 0 Å². The Kier molecular flexibility index (Phi) is 3.10. The third-order valence-corrected chi connectivity index (χ3v) is 2.42. The monoisotopic (exact) mass is 213 g/mol. The van der Waals surface area contributed by atoms with Crippen molar-refractivity contribution in [2.75, 3.05) is 14.2 Å². The molecule has 0 aromatic heterocycles. The quantitative estimate of drug-likeness (QED) is 0.779. The van der Waals surface area contributed by atoms with E-state index in [4.69, 9.17) is 9.47 Å². The van der Waals surface area contributed by atoms with E-state index in [0.717, 1.165) is 22.6 Å². The second kappa shape index (κ2) is 4.71. The van der Waals surface area contributed by atoms with Gasteiger partial charge in [0.1, 0.15) is 11.5 Å². The van der Waals surface area contributed by atoms with Gasteiger partial charge in [0.25, 0.3) is 0 Å². The molecule has 0 heterocycles. The van der Waals surface area contributed by atoms with Crippen LogP contribution in [0.5, 0.6) is 11.5 Å². The second-order valence-electron chi connectivity index (χ2n) is 3.34. The van der Waals surface area contributed by atoms with E-state index in [2.05, 4.69) is 6.07 Å². The molecule has 0 saturated carbocycles. The van der Waals surface area contributed by atoms with Crippen LogP contribution in [0, 0.1) is 6.07 Å². The predicted octanol–water partition coefficient (Wildman–Crippen LogP) is 3.17. The van der Waals surface area contributed by atoms with Gasteiger partial charge >= 0.3 is 0 Å². The average molecular weight is 213 g/mol. The minimum atomic E-state index is 0.827. The Bertz CT molecular complexity index is 460. The van der Waals surface area contributed by atoms with Gasteiger partial charge in [-0.3, -0.25) is 0 Å². The van der Waals surface area contributed by atoms with Gasteiger partial charge in [0, 0.05) is 5.56 Å². The van der Waals surface area contributed by atoms with E-state index in [9.17, 15) is 0 Å². The smallest absolute Gasteiger partial charge is 0.127 e. The highest BCUT2D eigenvalue weighted by molar-refractivity contribution is 5.70. The standard InChI is InChI=1S/C14H13O2/c1-15-12-9-7-11(8-10-12)13-5-3-4-6-14(13)16-2/h3-4,6-10H,1-2H3. The maximum absolute atomic E-state index is 5.29. The SMILES string of the molecule is COc1ccc(-c2[c]cccc2OC)cc1. The molecule has 0 bridgehead atoms. The molecule has 0 N–H and O–H groups in total. The van der Waals surface area contributed by atoms with Crippen LogP contribution in [-0.2, 0) is 0 Å². The molecule has 2 aromatic rings. The molecule has 0 aliphatic heterocycles. The molecule has 0 atom stereocenters. The van der Waals surface area contributed by atoms with Crippen molar-refractivity contribution in [1.82, 2.24) is 0 Å². The van der Waals surface area contributed by atoms with Crippen LogP contribution in [0.3, 0.4) is 0 Å². The summed E-state index contributed by atoms with van der Waals surface area (Å²) in [7, 11) is 3.32. The van der Waals surface area contributed by atoms with Crippen LogP contribution in [0.25, 0.3) is 11.1 Å². The topological polar surface area (TPSA) is 18.5 Å². The Morgan fingerprint density at radius 1 is 0.938 bits per heavy atom.